The van der Waals surface area contributed by atoms with Gasteiger partial charge >= 0.3 is 5.76 Å². The van der Waals surface area contributed by atoms with Gasteiger partial charge in [0.2, 0.25) is 9.84 Å². The molecule has 136 valence electrons. The molecule has 1 atom stereocenters. The summed E-state index contributed by atoms with van der Waals surface area (Å²) in [6, 6.07) is 12.8. The van der Waals surface area contributed by atoms with Crippen LogP contribution in [0.2, 0.25) is 5.02 Å². The summed E-state index contributed by atoms with van der Waals surface area (Å²) in [4.78, 5) is 1.50. The minimum absolute atomic E-state index is 0.140. The first kappa shape index (κ1) is 19.6. The summed E-state index contributed by atoms with van der Waals surface area (Å²) in [5.41, 5.74) is 0.998. The van der Waals surface area contributed by atoms with E-state index in [1.807, 2.05) is 37.2 Å². The number of nitrogens with zero attached hydrogens (tertiary/aromatic N) is 1. The molecule has 1 N–H and O–H groups in total. The molecule has 1 unspecified atom stereocenters. The van der Waals surface area contributed by atoms with E-state index in [9.17, 15) is 17.2 Å². The number of anilines is 1. The number of nitrogens with one attached hydrogen (secondary N) is 1. The fraction of sp³-hybridized carbons (Fsp3) is 0.294. The van der Waals surface area contributed by atoms with E-state index in [0.29, 0.717) is 11.6 Å². The molecule has 0 spiro atoms. The maximum absolute atomic E-state index is 12.9. The molecular weight excluding hydrogens is 370 g/mol. The van der Waals surface area contributed by atoms with Crippen LogP contribution in [0.25, 0.3) is 0 Å². The Kier molecular flexibility index (Phi) is 6.37. The Labute approximate surface area is 151 Å². The molecule has 0 aliphatic carbocycles. The van der Waals surface area contributed by atoms with Crippen LogP contribution in [-0.2, 0) is 9.84 Å². The van der Waals surface area contributed by atoms with E-state index >= 15 is 0 Å². The zero-order chi connectivity index (χ0) is 18.6. The highest BCUT2D eigenvalue weighted by Crippen LogP contribution is 2.29. The van der Waals surface area contributed by atoms with E-state index in [-0.39, 0.29) is 11.7 Å². The summed E-state index contributed by atoms with van der Waals surface area (Å²) in [5, 5.41) is 3.55. The van der Waals surface area contributed by atoms with Gasteiger partial charge in [0.05, 0.1) is 16.6 Å². The number of halogens is 3. The third-order valence-corrected chi connectivity index (χ3v) is 5.58. The molecule has 8 heteroatoms. The molecule has 2 aromatic carbocycles. The summed E-state index contributed by atoms with van der Waals surface area (Å²) >= 11 is 6.24. The SMILES string of the molecule is CN(C)C(CNc1ccccc1S(=O)(=O)C(F)F)c1ccccc1Cl. The van der Waals surface area contributed by atoms with Crippen LogP contribution < -0.4 is 5.32 Å². The minimum atomic E-state index is -4.68. The van der Waals surface area contributed by atoms with Gasteiger partial charge < -0.3 is 10.2 Å². The van der Waals surface area contributed by atoms with Crippen LogP contribution in [0, 0.1) is 0 Å². The van der Waals surface area contributed by atoms with Crippen LogP contribution in [0.3, 0.4) is 0 Å². The lowest BCUT2D eigenvalue weighted by molar-refractivity contribution is 0.235. The van der Waals surface area contributed by atoms with Crippen LogP contribution in [0.5, 0.6) is 0 Å². The van der Waals surface area contributed by atoms with E-state index in [1.54, 1.807) is 12.1 Å². The average Bonchev–Trinajstić information content (AvgIpc) is 2.56. The van der Waals surface area contributed by atoms with Gasteiger partial charge in [-0.3, -0.25) is 0 Å². The maximum atomic E-state index is 12.9. The van der Waals surface area contributed by atoms with Crippen molar-refractivity contribution in [1.82, 2.24) is 4.90 Å². The van der Waals surface area contributed by atoms with Gasteiger partial charge in [-0.25, -0.2) is 8.42 Å². The highest BCUT2D eigenvalue weighted by atomic mass is 35.5. The molecule has 0 saturated carbocycles. The minimum Gasteiger partial charge on any atom is -0.382 e. The lowest BCUT2D eigenvalue weighted by Gasteiger charge is -2.26. The largest absolute Gasteiger partial charge is 0.382 e. The van der Waals surface area contributed by atoms with Gasteiger partial charge in [-0.05, 0) is 37.9 Å². The smallest absolute Gasteiger partial charge is 0.341 e. The normalized spacial score (nSPS) is 13.2. The van der Waals surface area contributed by atoms with Gasteiger partial charge in [0, 0.05) is 11.6 Å². The second-order valence-corrected chi connectivity index (χ2v) is 7.98. The second-order valence-electron chi connectivity index (χ2n) is 5.68. The van der Waals surface area contributed by atoms with Crippen LogP contribution >= 0.6 is 11.6 Å². The van der Waals surface area contributed by atoms with E-state index in [1.165, 1.54) is 18.2 Å². The third kappa shape index (κ3) is 4.48. The number of hydrogen-bond acceptors (Lipinski definition) is 4. The molecule has 0 heterocycles. The van der Waals surface area contributed by atoms with Crippen molar-refractivity contribution < 1.29 is 17.2 Å². The molecule has 0 bridgehead atoms. The zero-order valence-corrected chi connectivity index (χ0v) is 15.4. The van der Waals surface area contributed by atoms with Crippen molar-refractivity contribution in [2.24, 2.45) is 0 Å². The standard InChI is InChI=1S/C17H19ClF2N2O2S/c1-22(2)15(12-7-3-4-8-13(12)18)11-21-14-9-5-6-10-16(14)25(23,24)17(19)20/h3-10,15,17,21H,11H2,1-2H3. The molecule has 0 aliphatic rings. The number of rotatable bonds is 7. The van der Waals surface area contributed by atoms with Crippen LogP contribution in [-0.4, -0.2) is 39.7 Å². The second kappa shape index (κ2) is 8.12. The molecule has 0 radical (unpaired) electrons. The van der Waals surface area contributed by atoms with Crippen molar-refractivity contribution in [3.63, 3.8) is 0 Å². The van der Waals surface area contributed by atoms with Crippen molar-refractivity contribution in [3.05, 3.63) is 59.1 Å². The highest BCUT2D eigenvalue weighted by molar-refractivity contribution is 7.91. The van der Waals surface area contributed by atoms with Crippen LogP contribution in [0.1, 0.15) is 11.6 Å². The number of likely N-dealkylation sites (N-methyl/N-ethyl adjacent to an activating group) is 1. The highest BCUT2D eigenvalue weighted by Gasteiger charge is 2.29. The summed E-state index contributed by atoms with van der Waals surface area (Å²) < 4.78 is 49.4. The summed E-state index contributed by atoms with van der Waals surface area (Å²) in [5.74, 6) is -3.47. The van der Waals surface area contributed by atoms with Gasteiger partial charge in [-0.2, -0.15) is 8.78 Å². The Hall–Kier alpha value is -1.70. The monoisotopic (exact) mass is 388 g/mol. The quantitative estimate of drug-likeness (QED) is 0.777. The molecular formula is C17H19ClF2N2O2S. The fourth-order valence-electron chi connectivity index (χ4n) is 2.48. The topological polar surface area (TPSA) is 49.4 Å². The predicted octanol–water partition coefficient (Wildman–Crippen LogP) is 4.05. The average molecular weight is 389 g/mol. The number of para-hydroxylation sites is 1. The first-order valence-electron chi connectivity index (χ1n) is 7.51. The van der Waals surface area contributed by atoms with E-state index in [4.69, 9.17) is 11.6 Å². The molecule has 0 aliphatic heterocycles. The van der Waals surface area contributed by atoms with E-state index in [2.05, 4.69) is 5.32 Å². The molecule has 4 nitrogen and oxygen atoms in total. The number of hydrogen-bond donors (Lipinski definition) is 1. The number of sulfone groups is 1. The van der Waals surface area contributed by atoms with Crippen molar-refractivity contribution in [2.75, 3.05) is 26.0 Å². The van der Waals surface area contributed by atoms with Gasteiger partial charge in [-0.1, -0.05) is 41.9 Å². The van der Waals surface area contributed by atoms with Gasteiger partial charge in [0.1, 0.15) is 0 Å². The Balaban J connectivity index is 2.30. The Morgan fingerprint density at radius 1 is 1.08 bits per heavy atom. The van der Waals surface area contributed by atoms with Crippen LogP contribution in [0.15, 0.2) is 53.4 Å². The lowest BCUT2D eigenvalue weighted by Crippen LogP contribution is -2.27. The molecule has 0 fully saturated rings. The van der Waals surface area contributed by atoms with E-state index in [0.717, 1.165) is 5.56 Å². The Morgan fingerprint density at radius 2 is 1.68 bits per heavy atom. The van der Waals surface area contributed by atoms with Crippen molar-refractivity contribution in [3.8, 4) is 0 Å². The van der Waals surface area contributed by atoms with Crippen molar-refractivity contribution in [2.45, 2.75) is 16.7 Å². The number of alkyl halides is 2. The van der Waals surface area contributed by atoms with Crippen LogP contribution in [0.4, 0.5) is 14.5 Å². The zero-order valence-electron chi connectivity index (χ0n) is 13.8. The van der Waals surface area contributed by atoms with Gasteiger partial charge in [0.25, 0.3) is 0 Å². The summed E-state index contributed by atoms with van der Waals surface area (Å²) in [6.07, 6.45) is 0. The fourth-order valence-corrected chi connectivity index (χ4v) is 3.65. The molecule has 2 rings (SSSR count). The molecule has 0 aromatic heterocycles. The Morgan fingerprint density at radius 3 is 2.28 bits per heavy atom. The maximum Gasteiger partial charge on any atom is 0.341 e. The van der Waals surface area contributed by atoms with Gasteiger partial charge in [0.15, 0.2) is 0 Å². The number of benzene rings is 2. The van der Waals surface area contributed by atoms with E-state index < -0.39 is 20.5 Å². The lowest BCUT2D eigenvalue weighted by atomic mass is 10.1. The third-order valence-electron chi connectivity index (χ3n) is 3.80. The molecule has 2 aromatic rings. The van der Waals surface area contributed by atoms with Gasteiger partial charge in [-0.15, -0.1) is 0 Å². The first-order valence-corrected chi connectivity index (χ1v) is 9.43. The predicted molar refractivity (Wildman–Crippen MR) is 96.0 cm³/mol. The Bertz CT molecular complexity index is 829. The summed E-state index contributed by atoms with van der Waals surface area (Å²) in [6.45, 7) is 0.298. The molecule has 25 heavy (non-hydrogen) atoms. The van der Waals surface area contributed by atoms with Crippen molar-refractivity contribution >= 4 is 27.1 Å². The summed E-state index contributed by atoms with van der Waals surface area (Å²) in [7, 11) is -0.967. The first-order chi connectivity index (χ1) is 11.7. The van der Waals surface area contributed by atoms with Crippen molar-refractivity contribution in [1.29, 1.82) is 0 Å². The molecule has 0 amide bonds. The molecule has 0 saturated heterocycles.